The first-order valence-electron chi connectivity index (χ1n) is 4.69. The lowest BCUT2D eigenvalue weighted by molar-refractivity contribution is -0.138. The van der Waals surface area contributed by atoms with E-state index >= 15 is 0 Å². The molecule has 0 saturated carbocycles. The Morgan fingerprint density at radius 3 is 2.67 bits per heavy atom. The van der Waals surface area contributed by atoms with Crippen LogP contribution in [0.2, 0.25) is 0 Å². The van der Waals surface area contributed by atoms with Gasteiger partial charge in [-0.15, -0.1) is 0 Å². The van der Waals surface area contributed by atoms with Crippen molar-refractivity contribution in [2.24, 2.45) is 0 Å². The van der Waals surface area contributed by atoms with E-state index in [4.69, 9.17) is 9.84 Å². The molecule has 1 unspecified atom stereocenters. The van der Waals surface area contributed by atoms with Gasteiger partial charge in [0.1, 0.15) is 0 Å². The molecule has 0 aliphatic rings. The highest BCUT2D eigenvalue weighted by Crippen LogP contribution is 2.30. The van der Waals surface area contributed by atoms with Crippen molar-refractivity contribution in [3.8, 4) is 11.5 Å². The second-order valence-corrected chi connectivity index (χ2v) is 3.23. The molecule has 0 spiro atoms. The van der Waals surface area contributed by atoms with Gasteiger partial charge in [-0.25, -0.2) is 0 Å². The number of ether oxygens (including phenoxy) is 1. The normalized spacial score (nSPS) is 12.1. The van der Waals surface area contributed by atoms with Crippen molar-refractivity contribution in [2.45, 2.75) is 19.3 Å². The van der Waals surface area contributed by atoms with E-state index in [0.29, 0.717) is 17.7 Å². The van der Waals surface area contributed by atoms with Crippen molar-refractivity contribution in [3.63, 3.8) is 0 Å². The first kappa shape index (κ1) is 11.4. The highest BCUT2D eigenvalue weighted by Gasteiger charge is 2.18. The molecule has 4 heteroatoms. The van der Waals surface area contributed by atoms with Gasteiger partial charge in [-0.2, -0.15) is 0 Å². The summed E-state index contributed by atoms with van der Waals surface area (Å²) in [6.45, 7) is 1.80. The fraction of sp³-hybridized carbons (Fsp3) is 0.364. The molecule has 1 atom stereocenters. The third kappa shape index (κ3) is 2.40. The maximum absolute atomic E-state index is 10.9. The van der Waals surface area contributed by atoms with E-state index in [1.807, 2.05) is 0 Å². The SMILES string of the molecule is CCC(C(=O)O)c1ccc(O)c(OC)c1. The number of aliphatic carboxylic acids is 1. The quantitative estimate of drug-likeness (QED) is 0.797. The van der Waals surface area contributed by atoms with Gasteiger partial charge >= 0.3 is 5.97 Å². The van der Waals surface area contributed by atoms with E-state index in [1.165, 1.54) is 13.2 Å². The second kappa shape index (κ2) is 4.68. The summed E-state index contributed by atoms with van der Waals surface area (Å²) in [5, 5.41) is 18.3. The second-order valence-electron chi connectivity index (χ2n) is 3.23. The van der Waals surface area contributed by atoms with Gasteiger partial charge in [-0.05, 0) is 24.1 Å². The number of aromatic hydroxyl groups is 1. The molecule has 0 heterocycles. The Hall–Kier alpha value is -1.71. The van der Waals surface area contributed by atoms with Crippen LogP contribution in [0.3, 0.4) is 0 Å². The number of hydrogen-bond donors (Lipinski definition) is 2. The number of phenolic OH excluding ortho intramolecular Hbond substituents is 1. The monoisotopic (exact) mass is 210 g/mol. The molecular weight excluding hydrogens is 196 g/mol. The molecule has 0 fully saturated rings. The summed E-state index contributed by atoms with van der Waals surface area (Å²) in [7, 11) is 1.43. The first-order chi connectivity index (χ1) is 7.10. The van der Waals surface area contributed by atoms with Gasteiger partial charge in [0, 0.05) is 0 Å². The predicted molar refractivity (Wildman–Crippen MR) is 55.3 cm³/mol. The molecule has 0 radical (unpaired) electrons. The minimum atomic E-state index is -0.870. The summed E-state index contributed by atoms with van der Waals surface area (Å²) in [5.41, 5.74) is 0.639. The van der Waals surface area contributed by atoms with E-state index in [2.05, 4.69) is 0 Å². The molecule has 0 aliphatic heterocycles. The molecular formula is C11H14O4. The van der Waals surface area contributed by atoms with Gasteiger partial charge in [0.2, 0.25) is 0 Å². The lowest BCUT2D eigenvalue weighted by Crippen LogP contribution is -2.10. The van der Waals surface area contributed by atoms with Crippen molar-refractivity contribution in [3.05, 3.63) is 23.8 Å². The molecule has 0 saturated heterocycles. The largest absolute Gasteiger partial charge is 0.504 e. The number of carbonyl (C=O) groups is 1. The Morgan fingerprint density at radius 2 is 2.20 bits per heavy atom. The molecule has 1 aromatic carbocycles. The van der Waals surface area contributed by atoms with E-state index in [9.17, 15) is 9.90 Å². The minimum Gasteiger partial charge on any atom is -0.504 e. The Kier molecular flexibility index (Phi) is 3.55. The molecule has 82 valence electrons. The van der Waals surface area contributed by atoms with E-state index in [-0.39, 0.29) is 5.75 Å². The van der Waals surface area contributed by atoms with E-state index in [0.717, 1.165) is 0 Å². The molecule has 1 aromatic rings. The van der Waals surface area contributed by atoms with Crippen molar-refractivity contribution in [1.82, 2.24) is 0 Å². The van der Waals surface area contributed by atoms with Crippen LogP contribution in [0.4, 0.5) is 0 Å². The third-order valence-electron chi connectivity index (χ3n) is 2.31. The van der Waals surface area contributed by atoms with Crippen LogP contribution in [0.15, 0.2) is 18.2 Å². The molecule has 0 aromatic heterocycles. The first-order valence-corrected chi connectivity index (χ1v) is 4.69. The number of phenols is 1. The topological polar surface area (TPSA) is 66.8 Å². The summed E-state index contributed by atoms with van der Waals surface area (Å²) in [6, 6.07) is 4.59. The molecule has 0 bridgehead atoms. The smallest absolute Gasteiger partial charge is 0.310 e. The fourth-order valence-corrected chi connectivity index (χ4v) is 1.46. The van der Waals surface area contributed by atoms with Crippen LogP contribution in [0, 0.1) is 0 Å². The minimum absolute atomic E-state index is 0.0153. The summed E-state index contributed by atoms with van der Waals surface area (Å²) < 4.78 is 4.92. The Labute approximate surface area is 88.1 Å². The van der Waals surface area contributed by atoms with Crippen LogP contribution in [-0.2, 0) is 4.79 Å². The lowest BCUT2D eigenvalue weighted by Gasteiger charge is -2.12. The fourth-order valence-electron chi connectivity index (χ4n) is 1.46. The number of hydrogen-bond acceptors (Lipinski definition) is 3. The van der Waals surface area contributed by atoms with Gasteiger partial charge < -0.3 is 14.9 Å². The summed E-state index contributed by atoms with van der Waals surface area (Å²) in [4.78, 5) is 10.9. The van der Waals surface area contributed by atoms with Gasteiger partial charge in [-0.3, -0.25) is 4.79 Å². The van der Waals surface area contributed by atoms with Crippen LogP contribution < -0.4 is 4.74 Å². The maximum atomic E-state index is 10.9. The Bertz CT molecular complexity index is 360. The van der Waals surface area contributed by atoms with Crippen molar-refractivity contribution >= 4 is 5.97 Å². The molecule has 15 heavy (non-hydrogen) atoms. The lowest BCUT2D eigenvalue weighted by atomic mass is 9.96. The van der Waals surface area contributed by atoms with Gasteiger partial charge in [0.25, 0.3) is 0 Å². The molecule has 2 N–H and O–H groups in total. The molecule has 0 aliphatic carbocycles. The summed E-state index contributed by atoms with van der Waals surface area (Å²) in [5.74, 6) is -1.11. The highest BCUT2D eigenvalue weighted by atomic mass is 16.5. The maximum Gasteiger partial charge on any atom is 0.310 e. The summed E-state index contributed by atoms with van der Waals surface area (Å²) >= 11 is 0. The van der Waals surface area contributed by atoms with Crippen molar-refractivity contribution in [2.75, 3.05) is 7.11 Å². The Morgan fingerprint density at radius 1 is 1.53 bits per heavy atom. The predicted octanol–water partition coefficient (Wildman–Crippen LogP) is 1.98. The third-order valence-corrected chi connectivity index (χ3v) is 2.31. The molecule has 0 amide bonds. The van der Waals surface area contributed by atoms with Gasteiger partial charge in [0.15, 0.2) is 11.5 Å². The zero-order valence-corrected chi connectivity index (χ0v) is 8.73. The number of rotatable bonds is 4. The van der Waals surface area contributed by atoms with Crippen molar-refractivity contribution < 1.29 is 19.7 Å². The van der Waals surface area contributed by atoms with Crippen LogP contribution in [0.5, 0.6) is 11.5 Å². The standard InChI is InChI=1S/C11H14O4/c1-3-8(11(13)14)7-4-5-9(12)10(6-7)15-2/h4-6,8,12H,3H2,1-2H3,(H,13,14). The van der Waals surface area contributed by atoms with Crippen LogP contribution in [-0.4, -0.2) is 23.3 Å². The number of carboxylic acid groups (broad SMARTS) is 1. The number of benzene rings is 1. The zero-order chi connectivity index (χ0) is 11.4. The van der Waals surface area contributed by atoms with E-state index < -0.39 is 11.9 Å². The molecule has 4 nitrogen and oxygen atoms in total. The summed E-state index contributed by atoms with van der Waals surface area (Å²) in [6.07, 6.45) is 0.503. The van der Waals surface area contributed by atoms with Gasteiger partial charge in [-0.1, -0.05) is 13.0 Å². The molecule has 1 rings (SSSR count). The van der Waals surface area contributed by atoms with Crippen molar-refractivity contribution in [1.29, 1.82) is 0 Å². The van der Waals surface area contributed by atoms with Crippen LogP contribution >= 0.6 is 0 Å². The zero-order valence-electron chi connectivity index (χ0n) is 8.73. The van der Waals surface area contributed by atoms with Crippen LogP contribution in [0.25, 0.3) is 0 Å². The van der Waals surface area contributed by atoms with E-state index in [1.54, 1.807) is 19.1 Å². The average molecular weight is 210 g/mol. The Balaban J connectivity index is 3.09. The van der Waals surface area contributed by atoms with Crippen LogP contribution in [0.1, 0.15) is 24.8 Å². The number of carboxylic acids is 1. The number of methoxy groups -OCH3 is 1. The van der Waals surface area contributed by atoms with Gasteiger partial charge in [0.05, 0.1) is 13.0 Å². The highest BCUT2D eigenvalue weighted by molar-refractivity contribution is 5.76. The average Bonchev–Trinajstić information content (AvgIpc) is 2.21.